The van der Waals surface area contributed by atoms with Crippen molar-refractivity contribution >= 4 is 22.8 Å². The third-order valence-corrected chi connectivity index (χ3v) is 5.15. The lowest BCUT2D eigenvalue weighted by atomic mass is 10.0. The number of nitrogens with zero attached hydrogens (tertiary/aromatic N) is 5. The van der Waals surface area contributed by atoms with Crippen molar-refractivity contribution in [2.24, 2.45) is 14.1 Å². The summed E-state index contributed by atoms with van der Waals surface area (Å²) in [5.41, 5.74) is 2.04. The first-order chi connectivity index (χ1) is 12.6. The molecule has 0 aliphatic carbocycles. The van der Waals surface area contributed by atoms with Gasteiger partial charge in [0.2, 0.25) is 5.95 Å². The van der Waals surface area contributed by atoms with Crippen LogP contribution in [-0.2, 0) is 14.1 Å². The van der Waals surface area contributed by atoms with E-state index in [1.165, 1.54) is 11.1 Å². The summed E-state index contributed by atoms with van der Waals surface area (Å²) in [6, 6.07) is 11.9. The normalized spacial score (nSPS) is 17.6. The molecule has 26 heavy (non-hydrogen) atoms. The van der Waals surface area contributed by atoms with Crippen molar-refractivity contribution in [1.29, 1.82) is 0 Å². The Morgan fingerprint density at radius 1 is 1.15 bits per heavy atom. The molecule has 1 aliphatic rings. The topological polar surface area (TPSA) is 68.0 Å². The molecule has 1 unspecified atom stereocenters. The van der Waals surface area contributed by atoms with Gasteiger partial charge in [0.25, 0.3) is 5.56 Å². The molecule has 1 saturated heterocycles. The largest absolute Gasteiger partial charge is 0.354 e. The van der Waals surface area contributed by atoms with Gasteiger partial charge in [0, 0.05) is 39.3 Å². The second-order valence-electron chi connectivity index (χ2n) is 6.86. The van der Waals surface area contributed by atoms with E-state index in [1.54, 1.807) is 13.1 Å². The molecule has 0 saturated carbocycles. The third-order valence-electron chi connectivity index (χ3n) is 5.15. The summed E-state index contributed by atoms with van der Waals surface area (Å²) in [5, 5.41) is 7.95. The minimum absolute atomic E-state index is 0.0832. The van der Waals surface area contributed by atoms with Gasteiger partial charge < -0.3 is 14.8 Å². The number of hydrogen-bond donors (Lipinski definition) is 1. The van der Waals surface area contributed by atoms with Crippen molar-refractivity contribution in [3.63, 3.8) is 0 Å². The molecule has 7 nitrogen and oxygen atoms in total. The Balaban J connectivity index is 1.54. The van der Waals surface area contributed by atoms with Gasteiger partial charge in [-0.25, -0.2) is 9.67 Å². The minimum Gasteiger partial charge on any atom is -0.354 e. The van der Waals surface area contributed by atoms with E-state index in [1.807, 2.05) is 31.3 Å². The van der Waals surface area contributed by atoms with E-state index in [2.05, 4.69) is 25.9 Å². The zero-order valence-corrected chi connectivity index (χ0v) is 15.2. The van der Waals surface area contributed by atoms with Crippen molar-refractivity contribution in [2.75, 3.05) is 23.3 Å². The fraction of sp³-hybridized carbons (Fsp3) is 0.421. The van der Waals surface area contributed by atoms with Gasteiger partial charge in [-0.2, -0.15) is 5.10 Å². The van der Waals surface area contributed by atoms with Crippen LogP contribution in [0.4, 0.5) is 11.8 Å². The molecule has 4 rings (SSSR count). The molecule has 0 spiro atoms. The van der Waals surface area contributed by atoms with E-state index >= 15 is 0 Å². The molecule has 1 N–H and O–H groups in total. The molecule has 1 aliphatic heterocycles. The molecule has 136 valence electrons. The van der Waals surface area contributed by atoms with Crippen LogP contribution in [0.3, 0.4) is 0 Å². The molecule has 0 radical (unpaired) electrons. The summed E-state index contributed by atoms with van der Waals surface area (Å²) in [4.78, 5) is 18.6. The van der Waals surface area contributed by atoms with Crippen molar-refractivity contribution < 1.29 is 0 Å². The maximum absolute atomic E-state index is 11.6. The summed E-state index contributed by atoms with van der Waals surface area (Å²) < 4.78 is 3.49. The van der Waals surface area contributed by atoms with Crippen LogP contribution in [0.25, 0.3) is 11.0 Å². The number of imidazole rings is 1. The molecule has 2 aromatic heterocycles. The molecule has 1 aromatic carbocycles. The second kappa shape index (κ2) is 6.82. The average molecular weight is 352 g/mol. The number of aryl methyl sites for hydroxylation is 2. The maximum Gasteiger partial charge on any atom is 0.266 e. The second-order valence-corrected chi connectivity index (χ2v) is 6.86. The highest BCUT2D eigenvalue weighted by molar-refractivity contribution is 5.78. The Morgan fingerprint density at radius 3 is 2.81 bits per heavy atom. The zero-order valence-electron chi connectivity index (χ0n) is 15.2. The first kappa shape index (κ1) is 16.6. The highest BCUT2D eigenvalue weighted by atomic mass is 16.1. The summed E-state index contributed by atoms with van der Waals surface area (Å²) in [6.45, 7) is 1.75. The first-order valence-corrected chi connectivity index (χ1v) is 9.10. The predicted molar refractivity (Wildman–Crippen MR) is 104 cm³/mol. The van der Waals surface area contributed by atoms with Gasteiger partial charge in [0.1, 0.15) is 5.82 Å². The number of fused-ring (bicyclic) bond motifs is 1. The molecule has 3 aromatic rings. The lowest BCUT2D eigenvalue weighted by Crippen LogP contribution is -2.45. The predicted octanol–water partition coefficient (Wildman–Crippen LogP) is 2.14. The molecule has 1 atom stereocenters. The van der Waals surface area contributed by atoms with Crippen LogP contribution in [0.1, 0.15) is 19.3 Å². The third kappa shape index (κ3) is 3.05. The van der Waals surface area contributed by atoms with Crippen LogP contribution < -0.4 is 15.8 Å². The lowest BCUT2D eigenvalue weighted by molar-refractivity contribution is 0.463. The Bertz CT molecular complexity index is 976. The van der Waals surface area contributed by atoms with Crippen molar-refractivity contribution in [1.82, 2.24) is 19.3 Å². The van der Waals surface area contributed by atoms with Gasteiger partial charge in [0.05, 0.1) is 11.0 Å². The molecule has 3 heterocycles. The average Bonchev–Trinajstić information content (AvgIpc) is 2.99. The van der Waals surface area contributed by atoms with Gasteiger partial charge in [-0.1, -0.05) is 12.1 Å². The number of piperidine rings is 1. The number of anilines is 2. The van der Waals surface area contributed by atoms with E-state index in [4.69, 9.17) is 4.98 Å². The Morgan fingerprint density at radius 2 is 2.00 bits per heavy atom. The number of para-hydroxylation sites is 2. The molecule has 0 amide bonds. The fourth-order valence-corrected chi connectivity index (χ4v) is 3.67. The van der Waals surface area contributed by atoms with Crippen LogP contribution >= 0.6 is 0 Å². The Labute approximate surface area is 152 Å². The van der Waals surface area contributed by atoms with E-state index in [0.29, 0.717) is 6.04 Å². The quantitative estimate of drug-likeness (QED) is 0.779. The lowest BCUT2D eigenvalue weighted by Gasteiger charge is -2.36. The molecule has 1 fully saturated rings. The van der Waals surface area contributed by atoms with E-state index in [-0.39, 0.29) is 5.56 Å². The highest BCUT2D eigenvalue weighted by Gasteiger charge is 2.24. The number of benzene rings is 1. The standard InChI is InChI=1S/C19H24N6O/c1-23-16-9-4-3-8-15(16)21-19(23)20-13-14-7-5-6-12-25(14)17-10-11-18(26)24(2)22-17/h3-4,8-11,14H,5-7,12-13H2,1-2H3,(H,20,21). The maximum atomic E-state index is 11.6. The number of rotatable bonds is 4. The number of hydrogen-bond acceptors (Lipinski definition) is 5. The summed E-state index contributed by atoms with van der Waals surface area (Å²) >= 11 is 0. The van der Waals surface area contributed by atoms with Gasteiger partial charge >= 0.3 is 0 Å². The molecular formula is C19H24N6O. The van der Waals surface area contributed by atoms with Crippen LogP contribution in [0.15, 0.2) is 41.2 Å². The van der Waals surface area contributed by atoms with Gasteiger partial charge in [-0.15, -0.1) is 0 Å². The summed E-state index contributed by atoms with van der Waals surface area (Å²) in [7, 11) is 3.73. The zero-order chi connectivity index (χ0) is 18.1. The van der Waals surface area contributed by atoms with Crippen LogP contribution in [0.2, 0.25) is 0 Å². The Hall–Kier alpha value is -2.83. The van der Waals surface area contributed by atoms with Crippen LogP contribution in [-0.4, -0.2) is 38.5 Å². The number of nitrogens with one attached hydrogen (secondary N) is 1. The Kier molecular flexibility index (Phi) is 4.36. The van der Waals surface area contributed by atoms with Crippen molar-refractivity contribution in [3.05, 3.63) is 46.8 Å². The van der Waals surface area contributed by atoms with E-state index < -0.39 is 0 Å². The van der Waals surface area contributed by atoms with Crippen molar-refractivity contribution in [3.8, 4) is 0 Å². The summed E-state index contributed by atoms with van der Waals surface area (Å²) in [5.74, 6) is 1.74. The smallest absolute Gasteiger partial charge is 0.266 e. The molecular weight excluding hydrogens is 328 g/mol. The minimum atomic E-state index is -0.0832. The van der Waals surface area contributed by atoms with Gasteiger partial charge in [-0.05, 0) is 37.5 Å². The van der Waals surface area contributed by atoms with Crippen LogP contribution in [0, 0.1) is 0 Å². The fourth-order valence-electron chi connectivity index (χ4n) is 3.67. The highest BCUT2D eigenvalue weighted by Crippen LogP contribution is 2.23. The molecule has 0 bridgehead atoms. The number of aromatic nitrogens is 4. The monoisotopic (exact) mass is 352 g/mol. The van der Waals surface area contributed by atoms with Crippen LogP contribution in [0.5, 0.6) is 0 Å². The van der Waals surface area contributed by atoms with E-state index in [9.17, 15) is 4.79 Å². The van der Waals surface area contributed by atoms with Gasteiger partial charge in [-0.3, -0.25) is 4.79 Å². The first-order valence-electron chi connectivity index (χ1n) is 9.10. The van der Waals surface area contributed by atoms with Crippen molar-refractivity contribution in [2.45, 2.75) is 25.3 Å². The molecule has 7 heteroatoms. The van der Waals surface area contributed by atoms with E-state index in [0.717, 1.165) is 48.7 Å². The van der Waals surface area contributed by atoms with Gasteiger partial charge in [0.15, 0.2) is 0 Å². The SMILES string of the molecule is Cn1nc(N2CCCCC2CNc2nc3ccccc3n2C)ccc1=O. The summed E-state index contributed by atoms with van der Waals surface area (Å²) in [6.07, 6.45) is 3.45.